The first kappa shape index (κ1) is 89.3. The van der Waals surface area contributed by atoms with Gasteiger partial charge in [0.15, 0.2) is 20.5 Å². The Bertz CT molecular complexity index is 6610. The van der Waals surface area contributed by atoms with E-state index in [-0.39, 0.29) is 69.1 Å². The number of nitrogens with zero attached hydrogens (tertiary/aromatic N) is 12. The molecule has 8 unspecified atom stereocenters. The highest BCUT2D eigenvalue weighted by atomic mass is 32.1. The van der Waals surface area contributed by atoms with E-state index >= 15 is 17.6 Å². The molecule has 4 aliphatic heterocycles. The lowest BCUT2D eigenvalue weighted by molar-refractivity contribution is -0.129. The third-order valence-corrected chi connectivity index (χ3v) is 42.8. The van der Waals surface area contributed by atoms with Crippen molar-refractivity contribution in [3.63, 3.8) is 0 Å². The van der Waals surface area contributed by atoms with E-state index in [1.807, 2.05) is 73.3 Å². The van der Waals surface area contributed by atoms with Crippen molar-refractivity contribution >= 4 is 107 Å². The molecule has 8 aromatic carbocycles. The summed E-state index contributed by atoms with van der Waals surface area (Å²) in [4.78, 5) is 36.7. The molecule has 0 saturated heterocycles. The SMILES string of the molecule is O[C@@H](C[C@@H]1c2c(F)cccc2-c2cncn21)C12CC3CC(C1)C(Nc1nc4ccccc4s1)C(C3)C2.O[C@@H](C[C@H]1c2c(F)cccc2-c2cncn21)C12CC3CC(C1)C(Nc1nc4ccccc4s1)C(C3)C2.O[C@H](C[C@@H]1c2c(F)cccc2-c2cncn21)C12CC3CC(C1)C(Nc1nc4ccccc4s1)C(C3)C2.O[C@H](C[C@H]1c2c(F)cccc2-c2cncn21)C12CC3CC(C1)C(Nc1nc4ccccc4s1)C(C3)C2. The second kappa shape index (κ2) is 34.3. The zero-order valence-electron chi connectivity index (χ0n) is 79.9. The van der Waals surface area contributed by atoms with Gasteiger partial charge in [0.1, 0.15) is 23.3 Å². The lowest BCUT2D eigenvalue weighted by Gasteiger charge is -2.61. The van der Waals surface area contributed by atoms with E-state index in [9.17, 15) is 20.4 Å². The molecule has 144 heavy (non-hydrogen) atoms. The van der Waals surface area contributed by atoms with Crippen molar-refractivity contribution < 1.29 is 38.0 Å². The third-order valence-electron chi connectivity index (χ3n) is 38.9. The molecule has 28 heteroatoms. The fourth-order valence-corrected chi connectivity index (χ4v) is 37.6. The summed E-state index contributed by atoms with van der Waals surface area (Å²) in [5.41, 5.74) is 14.3. The predicted octanol–water partition coefficient (Wildman–Crippen LogP) is 25.0. The minimum Gasteiger partial charge on any atom is -0.392 e. The highest BCUT2D eigenvalue weighted by molar-refractivity contribution is 7.23. The van der Waals surface area contributed by atoms with Crippen molar-refractivity contribution in [3.8, 4) is 45.0 Å². The predicted molar refractivity (Wildman–Crippen MR) is 558 cm³/mol. The number of fused-ring (bicyclic) bond motifs is 16. The fraction of sp³-hybridized carbons (Fsp3) is 0.448. The van der Waals surface area contributed by atoms with Gasteiger partial charge >= 0.3 is 0 Å². The van der Waals surface area contributed by atoms with E-state index in [0.29, 0.717) is 143 Å². The smallest absolute Gasteiger partial charge is 0.184 e. The van der Waals surface area contributed by atoms with Crippen LogP contribution in [0.2, 0.25) is 0 Å². The number of hydrogen-bond acceptors (Lipinski definition) is 20. The second-order valence-electron chi connectivity index (χ2n) is 46.6. The number of imidazole rings is 4. The first-order valence-corrected chi connectivity index (χ1v) is 56.0. The van der Waals surface area contributed by atoms with Gasteiger partial charge in [0.25, 0.3) is 0 Å². The maximum Gasteiger partial charge on any atom is 0.184 e. The van der Waals surface area contributed by atoms with Crippen molar-refractivity contribution in [2.75, 3.05) is 21.3 Å². The largest absolute Gasteiger partial charge is 0.392 e. The molecule has 0 spiro atoms. The van der Waals surface area contributed by atoms with Gasteiger partial charge in [-0.25, -0.2) is 57.4 Å². The first-order chi connectivity index (χ1) is 70.3. The van der Waals surface area contributed by atoms with Crippen LogP contribution in [-0.2, 0) is 0 Å². The van der Waals surface area contributed by atoms with Crippen LogP contribution in [0.15, 0.2) is 220 Å². The van der Waals surface area contributed by atoms with Gasteiger partial charge in [0, 0.05) is 68.7 Å². The Morgan fingerprint density at radius 3 is 0.694 bits per heavy atom. The highest BCUT2D eigenvalue weighted by Gasteiger charge is 2.64. The lowest BCUT2D eigenvalue weighted by atomic mass is 9.46. The summed E-state index contributed by atoms with van der Waals surface area (Å²) in [5.74, 6) is 6.41. The minimum absolute atomic E-state index is 0.0724. The Morgan fingerprint density at radius 2 is 0.486 bits per heavy atom. The van der Waals surface area contributed by atoms with Crippen LogP contribution in [0.5, 0.6) is 0 Å². The molecule has 16 atom stereocenters. The first-order valence-electron chi connectivity index (χ1n) is 52.7. The molecule has 36 rings (SSSR count). The summed E-state index contributed by atoms with van der Waals surface area (Å²) >= 11 is 6.97. The van der Waals surface area contributed by atoms with E-state index in [0.717, 1.165) is 165 Å². The van der Waals surface area contributed by atoms with E-state index in [2.05, 4.69) is 132 Å². The number of para-hydroxylation sites is 4. The number of benzene rings is 8. The molecule has 20 aliphatic rings. The number of halogens is 4. The minimum atomic E-state index is -0.459. The van der Waals surface area contributed by atoms with Crippen molar-refractivity contribution in [2.45, 2.75) is 227 Å². The summed E-state index contributed by atoms with van der Waals surface area (Å²) in [6.07, 6.45) is 37.4. The second-order valence-corrected chi connectivity index (χ2v) is 50.7. The van der Waals surface area contributed by atoms with E-state index < -0.39 is 24.4 Å². The summed E-state index contributed by atoms with van der Waals surface area (Å²) in [5, 5.41) is 66.8. The van der Waals surface area contributed by atoms with Crippen molar-refractivity contribution in [1.82, 2.24) is 58.1 Å². The number of rotatable bonds is 20. The molecule has 16 aliphatic carbocycles. The van der Waals surface area contributed by atoms with E-state index in [4.69, 9.17) is 19.9 Å². The van der Waals surface area contributed by atoms with Crippen LogP contribution in [0, 0.1) is 116 Å². The van der Waals surface area contributed by atoms with Crippen LogP contribution in [0.25, 0.3) is 85.9 Å². The van der Waals surface area contributed by atoms with Crippen LogP contribution in [0.3, 0.4) is 0 Å². The molecule has 16 fully saturated rings. The van der Waals surface area contributed by atoms with Crippen LogP contribution >= 0.6 is 45.3 Å². The molecular formula is C116H116F4N16O4S4. The van der Waals surface area contributed by atoms with Gasteiger partial charge in [-0.3, -0.25) is 0 Å². The van der Waals surface area contributed by atoms with Gasteiger partial charge in [-0.05, 0) is 320 Å². The topological polar surface area (TPSA) is 252 Å². The number of aromatic nitrogens is 12. The normalized spacial score (nSPS) is 32.6. The summed E-state index contributed by atoms with van der Waals surface area (Å²) in [6, 6.07) is 55.3. The number of thiazole rings is 4. The number of anilines is 4. The summed E-state index contributed by atoms with van der Waals surface area (Å²) < 4.78 is 73.2. The van der Waals surface area contributed by atoms with Gasteiger partial charge in [-0.15, -0.1) is 0 Å². The Morgan fingerprint density at radius 1 is 0.278 bits per heavy atom. The lowest BCUT2D eigenvalue weighted by Crippen LogP contribution is -2.59. The molecule has 12 heterocycles. The molecular weight excluding hydrogens is 1890 g/mol. The van der Waals surface area contributed by atoms with Gasteiger partial charge in [-0.1, -0.05) is 142 Å². The molecule has 0 amide bonds. The molecule has 16 bridgehead atoms. The molecule has 8 aromatic heterocycles. The van der Waals surface area contributed by atoms with Gasteiger partial charge in [-0.2, -0.15) is 0 Å². The quantitative estimate of drug-likeness (QED) is 0.0330. The highest BCUT2D eigenvalue weighted by Crippen LogP contribution is 2.69. The zero-order chi connectivity index (χ0) is 96.1. The van der Waals surface area contributed by atoms with Crippen LogP contribution in [0.1, 0.15) is 201 Å². The molecule has 736 valence electrons. The van der Waals surface area contributed by atoms with Crippen molar-refractivity contribution in [3.05, 3.63) is 265 Å². The average Bonchev–Trinajstić information content (AvgIpc) is 1.02. The molecule has 16 saturated carbocycles. The van der Waals surface area contributed by atoms with Crippen molar-refractivity contribution in [1.29, 1.82) is 0 Å². The number of hydrogen-bond donors (Lipinski definition) is 8. The number of aliphatic hydroxyl groups is 4. The standard InChI is InChI=1S/4C29H29FN4OS/c4*30-20-5-3-4-19-23-14-31-15-34(23)22(26(19)20)10-25(35)29-11-16-8-17(12-29)27(18(9-16)13-29)33-28-32-21-6-1-2-7-24(21)36-28/h4*1-7,14-18,22,25,27,35H,8-13H2,(H,32,33)/t2*16?,17?,18?,22-,25+,27?,29?;2*16?,17?,18?,22-,25-,27?,29?/m1010/s1. The van der Waals surface area contributed by atoms with E-state index in [1.165, 1.54) is 70.2 Å². The Hall–Kier alpha value is -11.1. The van der Waals surface area contributed by atoms with Crippen molar-refractivity contribution in [2.24, 2.45) is 92.7 Å². The summed E-state index contributed by atoms with van der Waals surface area (Å²) in [6.45, 7) is 0. The summed E-state index contributed by atoms with van der Waals surface area (Å²) in [7, 11) is 0. The van der Waals surface area contributed by atoms with Crippen LogP contribution in [0.4, 0.5) is 38.1 Å². The van der Waals surface area contributed by atoms with Gasteiger partial charge in [0.2, 0.25) is 0 Å². The Balaban J connectivity index is 0.0000000913. The maximum atomic E-state index is 15.0. The van der Waals surface area contributed by atoms with E-state index in [1.54, 1.807) is 119 Å². The molecule has 20 nitrogen and oxygen atoms in total. The zero-order valence-corrected chi connectivity index (χ0v) is 83.2. The van der Waals surface area contributed by atoms with Crippen LogP contribution < -0.4 is 21.3 Å². The Kier molecular flexibility index (Phi) is 21.2. The Labute approximate surface area is 848 Å². The third kappa shape index (κ3) is 14.6. The van der Waals surface area contributed by atoms with Crippen LogP contribution in [-0.4, -0.2) is 127 Å². The molecule has 0 radical (unpaired) electrons. The molecule has 16 aromatic rings. The maximum absolute atomic E-state index is 15.0. The average molecular weight is 2000 g/mol. The van der Waals surface area contributed by atoms with Gasteiger partial charge < -0.3 is 60.0 Å². The fourth-order valence-electron chi connectivity index (χ4n) is 34.0. The number of nitrogens with one attached hydrogen (secondary N) is 4. The molecule has 8 N–H and O–H groups in total. The monoisotopic (exact) mass is 2000 g/mol. The van der Waals surface area contributed by atoms with Gasteiger partial charge in [0.05, 0.1) is 162 Å². The number of aliphatic hydroxyl groups excluding tert-OH is 4.